The largest absolute Gasteiger partial charge is 0.507 e. The summed E-state index contributed by atoms with van der Waals surface area (Å²) in [6.45, 7) is 6.84. The third kappa shape index (κ3) is 1.98. The number of phenolic OH excluding ortho intramolecular Hbond substituents is 1. The molecule has 0 aromatic heterocycles. The van der Waals surface area contributed by atoms with Crippen molar-refractivity contribution in [3.8, 4) is 5.75 Å². The molecule has 2 heterocycles. The maximum absolute atomic E-state index is 12.8. The smallest absolute Gasteiger partial charge is 0.258 e. The van der Waals surface area contributed by atoms with Crippen LogP contribution in [0.2, 0.25) is 5.02 Å². The average Bonchev–Trinajstić information content (AvgIpc) is 2.94. The van der Waals surface area contributed by atoms with Crippen molar-refractivity contribution in [2.45, 2.75) is 19.4 Å². The number of nitrogens with zero attached hydrogens (tertiary/aromatic N) is 1. The summed E-state index contributed by atoms with van der Waals surface area (Å²) >= 11 is 5.94. The second-order valence-corrected chi connectivity index (χ2v) is 6.69. The van der Waals surface area contributed by atoms with Crippen LogP contribution in [0.25, 0.3) is 0 Å². The Bertz CT molecular complexity index is 559. The maximum atomic E-state index is 12.8. The second-order valence-electron chi connectivity index (χ2n) is 6.26. The summed E-state index contributed by atoms with van der Waals surface area (Å²) in [5.74, 6) is 0.817. The number of carbonyl (C=O) groups excluding carboxylic acids is 1. The highest BCUT2D eigenvalue weighted by Gasteiger charge is 2.51. The molecule has 2 saturated heterocycles. The molecule has 0 spiro atoms. The molecule has 0 aliphatic carbocycles. The summed E-state index contributed by atoms with van der Waals surface area (Å²) < 4.78 is 0. The first-order valence-corrected chi connectivity index (χ1v) is 7.30. The van der Waals surface area contributed by atoms with Gasteiger partial charge in [0.25, 0.3) is 5.91 Å². The van der Waals surface area contributed by atoms with Crippen molar-refractivity contribution >= 4 is 17.5 Å². The van der Waals surface area contributed by atoms with E-state index in [-0.39, 0.29) is 17.2 Å². The van der Waals surface area contributed by atoms with E-state index in [0.29, 0.717) is 22.4 Å². The van der Waals surface area contributed by atoms with Crippen LogP contribution in [0.1, 0.15) is 24.2 Å². The second kappa shape index (κ2) is 4.64. The predicted molar refractivity (Wildman–Crippen MR) is 78.1 cm³/mol. The zero-order valence-electron chi connectivity index (χ0n) is 11.7. The molecule has 0 bridgehead atoms. The van der Waals surface area contributed by atoms with Crippen LogP contribution in [0, 0.1) is 11.8 Å². The minimum atomic E-state index is -0.208. The van der Waals surface area contributed by atoms with Gasteiger partial charge >= 0.3 is 0 Å². The van der Waals surface area contributed by atoms with Gasteiger partial charge in [-0.1, -0.05) is 11.6 Å². The molecule has 0 saturated carbocycles. The van der Waals surface area contributed by atoms with Crippen LogP contribution in [-0.2, 0) is 0 Å². The predicted octanol–water partition coefficient (Wildman–Crippen LogP) is 2.12. The number of amides is 1. The summed E-state index contributed by atoms with van der Waals surface area (Å²) in [5, 5.41) is 13.8. The van der Waals surface area contributed by atoms with Crippen molar-refractivity contribution in [2.24, 2.45) is 11.8 Å². The quantitative estimate of drug-likeness (QED) is 0.834. The van der Waals surface area contributed by atoms with E-state index in [4.69, 9.17) is 11.6 Å². The summed E-state index contributed by atoms with van der Waals surface area (Å²) in [6, 6.07) is 4.60. The Hall–Kier alpha value is -1.26. The molecule has 2 fully saturated rings. The summed E-state index contributed by atoms with van der Waals surface area (Å²) in [7, 11) is 0. The zero-order chi connectivity index (χ0) is 14.5. The van der Waals surface area contributed by atoms with Crippen molar-refractivity contribution in [3.63, 3.8) is 0 Å². The Balaban J connectivity index is 1.93. The Morgan fingerprint density at radius 1 is 1.45 bits per heavy atom. The van der Waals surface area contributed by atoms with Crippen molar-refractivity contribution in [1.82, 2.24) is 10.2 Å². The lowest BCUT2D eigenvalue weighted by Gasteiger charge is -2.35. The van der Waals surface area contributed by atoms with Crippen LogP contribution < -0.4 is 5.32 Å². The minimum Gasteiger partial charge on any atom is -0.507 e. The SMILES string of the molecule is CC1(C)C2CNCC2CN1C(=O)c1cc(Cl)ccc1O. The van der Waals surface area contributed by atoms with Gasteiger partial charge in [-0.15, -0.1) is 0 Å². The molecule has 20 heavy (non-hydrogen) atoms. The van der Waals surface area contributed by atoms with Gasteiger partial charge in [0.05, 0.1) is 5.56 Å². The number of hydrogen-bond donors (Lipinski definition) is 2. The Kier molecular flexibility index (Phi) is 3.18. The number of hydrogen-bond acceptors (Lipinski definition) is 3. The first kappa shape index (κ1) is 13.7. The number of aromatic hydroxyl groups is 1. The molecule has 5 heteroatoms. The fourth-order valence-corrected chi connectivity index (χ4v) is 3.76. The highest BCUT2D eigenvalue weighted by atomic mass is 35.5. The van der Waals surface area contributed by atoms with Crippen molar-refractivity contribution in [1.29, 1.82) is 0 Å². The molecule has 108 valence electrons. The number of carbonyl (C=O) groups is 1. The molecule has 0 radical (unpaired) electrons. The van der Waals surface area contributed by atoms with Crippen LogP contribution in [-0.4, -0.2) is 41.1 Å². The molecule has 3 rings (SSSR count). The first-order valence-electron chi connectivity index (χ1n) is 6.92. The lowest BCUT2D eigenvalue weighted by molar-refractivity contribution is 0.0600. The summed E-state index contributed by atoms with van der Waals surface area (Å²) in [5.41, 5.74) is 0.0820. The zero-order valence-corrected chi connectivity index (χ0v) is 12.4. The number of nitrogens with one attached hydrogen (secondary N) is 1. The van der Waals surface area contributed by atoms with E-state index in [1.165, 1.54) is 6.07 Å². The highest BCUT2D eigenvalue weighted by Crippen LogP contribution is 2.42. The number of phenols is 1. The van der Waals surface area contributed by atoms with Gasteiger partial charge in [-0.25, -0.2) is 0 Å². The molecule has 2 atom stereocenters. The summed E-state index contributed by atoms with van der Waals surface area (Å²) in [4.78, 5) is 14.6. The number of benzene rings is 1. The topological polar surface area (TPSA) is 52.6 Å². The van der Waals surface area contributed by atoms with Crippen LogP contribution in [0.3, 0.4) is 0 Å². The van der Waals surface area contributed by atoms with Crippen LogP contribution in [0.4, 0.5) is 0 Å². The number of likely N-dealkylation sites (tertiary alicyclic amines) is 1. The van der Waals surface area contributed by atoms with Gasteiger partial charge in [0.15, 0.2) is 0 Å². The average molecular weight is 295 g/mol. The van der Waals surface area contributed by atoms with E-state index in [9.17, 15) is 9.90 Å². The Morgan fingerprint density at radius 3 is 2.90 bits per heavy atom. The third-order valence-electron chi connectivity index (χ3n) is 4.79. The molecule has 2 aliphatic rings. The Labute approximate surface area is 123 Å². The fraction of sp³-hybridized carbons (Fsp3) is 0.533. The molecule has 1 aromatic carbocycles. The van der Waals surface area contributed by atoms with Gasteiger partial charge in [0, 0.05) is 30.2 Å². The van der Waals surface area contributed by atoms with Gasteiger partial charge < -0.3 is 15.3 Å². The van der Waals surface area contributed by atoms with Gasteiger partial charge in [-0.3, -0.25) is 4.79 Å². The summed E-state index contributed by atoms with van der Waals surface area (Å²) in [6.07, 6.45) is 0. The first-order chi connectivity index (χ1) is 9.41. The van der Waals surface area contributed by atoms with E-state index in [0.717, 1.165) is 19.6 Å². The number of rotatable bonds is 1. The number of fused-ring (bicyclic) bond motifs is 1. The third-order valence-corrected chi connectivity index (χ3v) is 5.03. The molecule has 2 aliphatic heterocycles. The fourth-order valence-electron chi connectivity index (χ4n) is 3.59. The van der Waals surface area contributed by atoms with Crippen LogP contribution >= 0.6 is 11.6 Å². The van der Waals surface area contributed by atoms with Gasteiger partial charge in [-0.2, -0.15) is 0 Å². The lowest BCUT2D eigenvalue weighted by atomic mass is 9.84. The van der Waals surface area contributed by atoms with Crippen LogP contribution in [0.15, 0.2) is 18.2 Å². The van der Waals surface area contributed by atoms with E-state index in [1.54, 1.807) is 12.1 Å². The van der Waals surface area contributed by atoms with Crippen LogP contribution in [0.5, 0.6) is 5.75 Å². The monoisotopic (exact) mass is 294 g/mol. The molecular weight excluding hydrogens is 276 g/mol. The van der Waals surface area contributed by atoms with Gasteiger partial charge in [0.1, 0.15) is 5.75 Å². The van der Waals surface area contributed by atoms with E-state index >= 15 is 0 Å². The van der Waals surface area contributed by atoms with E-state index in [1.807, 2.05) is 4.90 Å². The van der Waals surface area contributed by atoms with Gasteiger partial charge in [0.2, 0.25) is 0 Å². The molecule has 2 unspecified atom stereocenters. The lowest BCUT2D eigenvalue weighted by Crippen LogP contribution is -2.47. The van der Waals surface area contributed by atoms with E-state index in [2.05, 4.69) is 19.2 Å². The molecule has 2 N–H and O–H groups in total. The standard InChI is InChI=1S/C15H19ClN2O2/c1-15(2)12-7-17-6-9(12)8-18(15)14(20)11-5-10(16)3-4-13(11)19/h3-5,9,12,17,19H,6-8H2,1-2H3. The Morgan fingerprint density at radius 2 is 2.20 bits per heavy atom. The van der Waals surface area contributed by atoms with E-state index < -0.39 is 0 Å². The highest BCUT2D eigenvalue weighted by molar-refractivity contribution is 6.31. The van der Waals surface area contributed by atoms with Gasteiger partial charge in [-0.05, 0) is 43.9 Å². The number of halogens is 1. The van der Waals surface area contributed by atoms with Crippen molar-refractivity contribution in [2.75, 3.05) is 19.6 Å². The van der Waals surface area contributed by atoms with Crippen molar-refractivity contribution in [3.05, 3.63) is 28.8 Å². The maximum Gasteiger partial charge on any atom is 0.258 e. The van der Waals surface area contributed by atoms with Crippen molar-refractivity contribution < 1.29 is 9.90 Å². The molecule has 1 amide bonds. The molecule has 4 nitrogen and oxygen atoms in total. The normalized spacial score (nSPS) is 27.6. The molecule has 1 aromatic rings. The molecular formula is C15H19ClN2O2. The minimum absolute atomic E-state index is 0.00890.